The molecule has 2 unspecified atom stereocenters. The Hall–Kier alpha value is -3.58. The Morgan fingerprint density at radius 1 is 0.667 bits per heavy atom. The van der Waals surface area contributed by atoms with Crippen LogP contribution in [0, 0.1) is 20.8 Å². The highest BCUT2D eigenvalue weighted by atomic mass is 32.2. The molecule has 0 saturated carbocycles. The van der Waals surface area contributed by atoms with Gasteiger partial charge in [0.2, 0.25) is 0 Å². The summed E-state index contributed by atoms with van der Waals surface area (Å²) < 4.78 is 17.2. The minimum absolute atomic E-state index is 0.0157. The molecule has 0 amide bonds. The summed E-state index contributed by atoms with van der Waals surface area (Å²) in [5.41, 5.74) is 4.36. The lowest BCUT2D eigenvalue weighted by molar-refractivity contribution is -0.0295. The summed E-state index contributed by atoms with van der Waals surface area (Å²) in [5, 5.41) is -0.385. The zero-order valence-electron chi connectivity index (χ0n) is 20.4. The maximum absolute atomic E-state index is 12.9. The first-order chi connectivity index (χ1) is 17.3. The number of hydrogen-bond donors (Lipinski definition) is 0. The lowest BCUT2D eigenvalue weighted by atomic mass is 10.1. The smallest absolute Gasteiger partial charge is 0.338 e. The van der Waals surface area contributed by atoms with Crippen molar-refractivity contribution in [1.29, 1.82) is 0 Å². The standard InChI is InChI=1S/C29H28O6S/c1-18-4-10-21(11-5-18)27(30)33-16-25-26(35-29(32)23-14-8-20(3)9-15-23)24(17-36-25)34-28(31)22-12-6-19(2)7-13-22/h4-15,24-26H,16-17H2,1-3H3/t24?,25-,26?/m0/s1. The van der Waals surface area contributed by atoms with E-state index in [9.17, 15) is 14.4 Å². The average molecular weight is 505 g/mol. The number of thioether (sulfide) groups is 1. The summed E-state index contributed by atoms with van der Waals surface area (Å²) in [7, 11) is 0. The number of hydrogen-bond acceptors (Lipinski definition) is 7. The molecule has 1 saturated heterocycles. The first-order valence-electron chi connectivity index (χ1n) is 11.7. The van der Waals surface area contributed by atoms with E-state index in [1.54, 1.807) is 36.4 Å². The van der Waals surface area contributed by atoms with E-state index in [1.807, 2.05) is 57.2 Å². The maximum Gasteiger partial charge on any atom is 0.338 e. The summed E-state index contributed by atoms with van der Waals surface area (Å²) >= 11 is 1.45. The number of aryl methyl sites for hydroxylation is 3. The predicted molar refractivity (Wildman–Crippen MR) is 138 cm³/mol. The first-order valence-corrected chi connectivity index (χ1v) is 12.8. The van der Waals surface area contributed by atoms with E-state index in [0.29, 0.717) is 22.4 Å². The van der Waals surface area contributed by atoms with Crippen molar-refractivity contribution in [2.75, 3.05) is 12.4 Å². The second kappa shape index (κ2) is 11.4. The molecule has 1 aliphatic heterocycles. The third kappa shape index (κ3) is 6.34. The molecule has 1 heterocycles. The SMILES string of the molecule is Cc1ccc(C(=O)OC[C@@H]2SCC(OC(=O)c3ccc(C)cc3)C2OC(=O)c2ccc(C)cc2)cc1. The van der Waals surface area contributed by atoms with Crippen LogP contribution in [0.2, 0.25) is 0 Å². The van der Waals surface area contributed by atoms with Crippen LogP contribution in [0.3, 0.4) is 0 Å². The van der Waals surface area contributed by atoms with Crippen molar-refractivity contribution in [3.05, 3.63) is 106 Å². The number of ether oxygens (including phenoxy) is 3. The summed E-state index contributed by atoms with van der Waals surface area (Å²) in [5.74, 6) is -1.06. The quantitative estimate of drug-likeness (QED) is 0.318. The molecule has 7 heteroatoms. The molecule has 3 atom stereocenters. The van der Waals surface area contributed by atoms with E-state index in [1.165, 1.54) is 11.8 Å². The van der Waals surface area contributed by atoms with Crippen LogP contribution < -0.4 is 0 Å². The zero-order valence-corrected chi connectivity index (χ0v) is 21.2. The van der Waals surface area contributed by atoms with Crippen molar-refractivity contribution < 1.29 is 28.6 Å². The van der Waals surface area contributed by atoms with Crippen molar-refractivity contribution in [1.82, 2.24) is 0 Å². The number of carbonyl (C=O) groups excluding carboxylic acids is 3. The van der Waals surface area contributed by atoms with E-state index < -0.39 is 30.1 Å². The fraction of sp³-hybridized carbons (Fsp3) is 0.276. The predicted octanol–water partition coefficient (Wildman–Crippen LogP) is 5.34. The van der Waals surface area contributed by atoms with Gasteiger partial charge in [-0.3, -0.25) is 0 Å². The zero-order chi connectivity index (χ0) is 25.7. The Labute approximate surface area is 215 Å². The highest BCUT2D eigenvalue weighted by molar-refractivity contribution is 8.00. The Kier molecular flexibility index (Phi) is 8.10. The largest absolute Gasteiger partial charge is 0.461 e. The maximum atomic E-state index is 12.9. The molecule has 0 aliphatic carbocycles. The van der Waals surface area contributed by atoms with Crippen molar-refractivity contribution in [3.63, 3.8) is 0 Å². The number of carbonyl (C=O) groups is 3. The Bertz CT molecular complexity index is 1220. The van der Waals surface area contributed by atoms with Gasteiger partial charge in [0, 0.05) is 5.75 Å². The van der Waals surface area contributed by atoms with Crippen molar-refractivity contribution in [2.45, 2.75) is 38.2 Å². The van der Waals surface area contributed by atoms with Crippen LogP contribution in [0.1, 0.15) is 47.8 Å². The molecule has 0 spiro atoms. The van der Waals surface area contributed by atoms with E-state index >= 15 is 0 Å². The molecular formula is C29H28O6S. The minimum Gasteiger partial charge on any atom is -0.461 e. The number of rotatable bonds is 7. The molecular weight excluding hydrogens is 476 g/mol. The molecule has 3 aromatic carbocycles. The Morgan fingerprint density at radius 3 is 1.56 bits per heavy atom. The average Bonchev–Trinajstić information content (AvgIpc) is 3.24. The van der Waals surface area contributed by atoms with Gasteiger partial charge in [0.15, 0.2) is 6.10 Å². The van der Waals surface area contributed by atoms with Gasteiger partial charge in [0.25, 0.3) is 0 Å². The van der Waals surface area contributed by atoms with Crippen LogP contribution in [-0.2, 0) is 14.2 Å². The molecule has 186 valence electrons. The van der Waals surface area contributed by atoms with Crippen LogP contribution in [-0.4, -0.2) is 47.7 Å². The van der Waals surface area contributed by atoms with E-state index in [-0.39, 0.29) is 11.9 Å². The summed E-state index contributed by atoms with van der Waals surface area (Å²) in [6, 6.07) is 21.2. The van der Waals surface area contributed by atoms with Crippen LogP contribution in [0.15, 0.2) is 72.8 Å². The van der Waals surface area contributed by atoms with Crippen molar-refractivity contribution in [2.24, 2.45) is 0 Å². The molecule has 0 bridgehead atoms. The Balaban J connectivity index is 1.47. The fourth-order valence-corrected chi connectivity index (χ4v) is 5.03. The molecule has 1 fully saturated rings. The van der Waals surface area contributed by atoms with Gasteiger partial charge >= 0.3 is 17.9 Å². The van der Waals surface area contributed by atoms with Gasteiger partial charge in [-0.2, -0.15) is 0 Å². The van der Waals surface area contributed by atoms with Crippen LogP contribution in [0.25, 0.3) is 0 Å². The lowest BCUT2D eigenvalue weighted by Crippen LogP contribution is -2.39. The van der Waals surface area contributed by atoms with Gasteiger partial charge in [-0.15, -0.1) is 11.8 Å². The first kappa shape index (κ1) is 25.5. The van der Waals surface area contributed by atoms with Crippen LogP contribution in [0.5, 0.6) is 0 Å². The molecule has 3 aromatic rings. The second-order valence-corrected chi connectivity index (χ2v) is 10.2. The monoisotopic (exact) mass is 504 g/mol. The van der Waals surface area contributed by atoms with Crippen LogP contribution >= 0.6 is 11.8 Å². The summed E-state index contributed by atoms with van der Waals surface area (Å²) in [4.78, 5) is 38.2. The van der Waals surface area contributed by atoms with Gasteiger partial charge in [0.05, 0.1) is 21.9 Å². The topological polar surface area (TPSA) is 78.9 Å². The summed E-state index contributed by atoms with van der Waals surface area (Å²) in [6.07, 6.45) is -1.45. The van der Waals surface area contributed by atoms with E-state index in [4.69, 9.17) is 14.2 Å². The number of esters is 3. The number of benzene rings is 3. The molecule has 36 heavy (non-hydrogen) atoms. The third-order valence-electron chi connectivity index (χ3n) is 5.95. The lowest BCUT2D eigenvalue weighted by Gasteiger charge is -2.24. The van der Waals surface area contributed by atoms with Crippen LogP contribution in [0.4, 0.5) is 0 Å². The normalized spacial score (nSPS) is 18.9. The molecule has 0 radical (unpaired) electrons. The van der Waals surface area contributed by atoms with Gasteiger partial charge in [-0.25, -0.2) is 14.4 Å². The second-order valence-electron chi connectivity index (χ2n) is 8.88. The van der Waals surface area contributed by atoms with Gasteiger partial charge in [-0.1, -0.05) is 53.1 Å². The molecule has 0 N–H and O–H groups in total. The van der Waals surface area contributed by atoms with Gasteiger partial charge < -0.3 is 14.2 Å². The minimum atomic E-state index is -0.774. The van der Waals surface area contributed by atoms with E-state index in [2.05, 4.69) is 0 Å². The highest BCUT2D eigenvalue weighted by Crippen LogP contribution is 2.33. The van der Waals surface area contributed by atoms with Crippen molar-refractivity contribution in [3.8, 4) is 0 Å². The third-order valence-corrected chi connectivity index (χ3v) is 7.30. The van der Waals surface area contributed by atoms with E-state index in [0.717, 1.165) is 16.7 Å². The Morgan fingerprint density at radius 2 is 1.08 bits per heavy atom. The fourth-order valence-electron chi connectivity index (χ4n) is 3.75. The molecule has 6 nitrogen and oxygen atoms in total. The van der Waals surface area contributed by atoms with Crippen molar-refractivity contribution >= 4 is 29.7 Å². The van der Waals surface area contributed by atoms with Gasteiger partial charge in [-0.05, 0) is 57.2 Å². The molecule has 1 aliphatic rings. The molecule has 0 aromatic heterocycles. The molecule has 4 rings (SSSR count). The summed E-state index contributed by atoms with van der Waals surface area (Å²) in [6.45, 7) is 5.82. The van der Waals surface area contributed by atoms with Gasteiger partial charge in [0.1, 0.15) is 12.7 Å². The highest BCUT2D eigenvalue weighted by Gasteiger charge is 2.43.